The predicted octanol–water partition coefficient (Wildman–Crippen LogP) is 10.4. The monoisotopic (exact) mass is 605 g/mol. The van der Waals surface area contributed by atoms with Crippen molar-refractivity contribution < 1.29 is 4.42 Å². The number of hydrogen-bond acceptors (Lipinski definition) is 4. The van der Waals surface area contributed by atoms with Crippen molar-refractivity contribution in [2.45, 2.75) is 12.3 Å². The highest BCUT2D eigenvalue weighted by atomic mass is 16.3. The Morgan fingerprint density at radius 2 is 1.15 bits per heavy atom. The van der Waals surface area contributed by atoms with E-state index in [-0.39, 0.29) is 12.3 Å². The molecule has 1 aliphatic heterocycles. The second-order valence-electron chi connectivity index (χ2n) is 12.0. The third kappa shape index (κ3) is 4.87. The van der Waals surface area contributed by atoms with Gasteiger partial charge < -0.3 is 9.73 Å². The van der Waals surface area contributed by atoms with Crippen LogP contribution in [0.15, 0.2) is 173 Å². The summed E-state index contributed by atoms with van der Waals surface area (Å²) < 4.78 is 6.59. The number of para-hydroxylation sites is 1. The van der Waals surface area contributed by atoms with E-state index in [1.54, 1.807) is 0 Å². The van der Waals surface area contributed by atoms with E-state index in [4.69, 9.17) is 9.41 Å². The van der Waals surface area contributed by atoms with Crippen LogP contribution in [0.25, 0.3) is 55.0 Å². The van der Waals surface area contributed by atoms with Gasteiger partial charge in [0.05, 0.1) is 0 Å². The fourth-order valence-electron chi connectivity index (χ4n) is 6.92. The van der Waals surface area contributed by atoms with Crippen LogP contribution in [0, 0.1) is 0 Å². The summed E-state index contributed by atoms with van der Waals surface area (Å²) in [5.41, 5.74) is 9.66. The number of hydrogen-bond donors (Lipinski definition) is 2. The van der Waals surface area contributed by atoms with Crippen LogP contribution in [-0.2, 0) is 0 Å². The molecule has 9 rings (SSSR count). The van der Waals surface area contributed by atoms with Gasteiger partial charge in [-0.3, -0.25) is 5.32 Å². The summed E-state index contributed by atoms with van der Waals surface area (Å²) in [4.78, 5) is 5.21. The van der Waals surface area contributed by atoms with Crippen molar-refractivity contribution in [3.05, 3.63) is 180 Å². The molecule has 0 bridgehead atoms. The van der Waals surface area contributed by atoms with E-state index in [1.807, 2.05) is 12.1 Å². The van der Waals surface area contributed by atoms with Crippen molar-refractivity contribution in [3.63, 3.8) is 0 Å². The second kappa shape index (κ2) is 11.4. The summed E-state index contributed by atoms with van der Waals surface area (Å²) in [6, 6.07) is 57.4. The van der Waals surface area contributed by atoms with E-state index in [0.717, 1.165) is 55.6 Å². The van der Waals surface area contributed by atoms with E-state index in [2.05, 4.69) is 162 Å². The molecule has 4 heteroatoms. The second-order valence-corrected chi connectivity index (χ2v) is 12.0. The van der Waals surface area contributed by atoms with Crippen LogP contribution in [0.5, 0.6) is 0 Å². The highest BCUT2D eigenvalue weighted by Gasteiger charge is 2.28. The summed E-state index contributed by atoms with van der Waals surface area (Å²) in [6.07, 6.45) is -0.446. The lowest BCUT2D eigenvalue weighted by molar-refractivity contribution is 0.411. The van der Waals surface area contributed by atoms with Crippen molar-refractivity contribution in [1.82, 2.24) is 10.6 Å². The minimum atomic E-state index is -0.233. The van der Waals surface area contributed by atoms with Crippen molar-refractivity contribution in [2.75, 3.05) is 0 Å². The Balaban J connectivity index is 1.14. The largest absolute Gasteiger partial charge is 0.455 e. The molecule has 7 aromatic carbocycles. The maximum Gasteiger partial charge on any atom is 0.143 e. The molecule has 1 aliphatic rings. The summed E-state index contributed by atoms with van der Waals surface area (Å²) in [7, 11) is 0. The van der Waals surface area contributed by atoms with Crippen LogP contribution in [0.2, 0.25) is 0 Å². The van der Waals surface area contributed by atoms with Gasteiger partial charge in [0, 0.05) is 27.5 Å². The molecule has 2 atom stereocenters. The van der Waals surface area contributed by atoms with Crippen LogP contribution < -0.4 is 10.6 Å². The number of nitrogens with zero attached hydrogens (tertiary/aromatic N) is 1. The highest BCUT2D eigenvalue weighted by Crippen LogP contribution is 2.39. The molecule has 2 heterocycles. The highest BCUT2D eigenvalue weighted by molar-refractivity contribution is 6.11. The molecule has 0 spiro atoms. The molecule has 224 valence electrons. The first kappa shape index (κ1) is 27.3. The van der Waals surface area contributed by atoms with Crippen LogP contribution in [-0.4, -0.2) is 5.84 Å². The zero-order chi connectivity index (χ0) is 31.2. The van der Waals surface area contributed by atoms with Crippen molar-refractivity contribution >= 4 is 38.5 Å². The summed E-state index contributed by atoms with van der Waals surface area (Å²) >= 11 is 0. The molecule has 0 saturated carbocycles. The molecular formula is C43H31N3O. The Bertz CT molecular complexity index is 2410. The zero-order valence-corrected chi connectivity index (χ0v) is 25.6. The molecule has 0 amide bonds. The number of amidine groups is 1. The minimum absolute atomic E-state index is 0.213. The standard InChI is InChI=1S/C43H31N3O/c1-3-12-29(13-4-1)35-20-10-21-36-39-37(22-11-23-38(39)47-40(35)36)43-45-41(31-15-5-2-6-16-31)44-42(46-43)32-26-24-30(25-27-32)34-19-9-17-28-14-7-8-18-33(28)34/h1-27,41,43,45H,(H,44,46). The molecule has 0 saturated heterocycles. The van der Waals surface area contributed by atoms with Gasteiger partial charge in [0.2, 0.25) is 0 Å². The Hall–Kier alpha value is -5.97. The van der Waals surface area contributed by atoms with Crippen molar-refractivity contribution in [3.8, 4) is 22.3 Å². The first-order chi connectivity index (χ1) is 23.3. The van der Waals surface area contributed by atoms with Gasteiger partial charge in [0.15, 0.2) is 0 Å². The summed E-state index contributed by atoms with van der Waals surface area (Å²) in [5.74, 6) is 0.849. The number of aliphatic imine (C=N–C) groups is 1. The quantitative estimate of drug-likeness (QED) is 0.205. The summed E-state index contributed by atoms with van der Waals surface area (Å²) in [5, 5.41) is 12.2. The van der Waals surface area contributed by atoms with E-state index in [1.165, 1.54) is 21.9 Å². The van der Waals surface area contributed by atoms with E-state index in [9.17, 15) is 0 Å². The van der Waals surface area contributed by atoms with Gasteiger partial charge in [-0.15, -0.1) is 0 Å². The maximum absolute atomic E-state index is 6.59. The average Bonchev–Trinajstić information content (AvgIpc) is 3.54. The number of furan rings is 1. The molecule has 2 N–H and O–H groups in total. The van der Waals surface area contributed by atoms with Gasteiger partial charge >= 0.3 is 0 Å². The Morgan fingerprint density at radius 3 is 2.00 bits per heavy atom. The molecule has 47 heavy (non-hydrogen) atoms. The summed E-state index contributed by atoms with van der Waals surface area (Å²) in [6.45, 7) is 0. The zero-order valence-electron chi connectivity index (χ0n) is 25.6. The Labute approximate surface area is 273 Å². The molecule has 4 nitrogen and oxygen atoms in total. The van der Waals surface area contributed by atoms with Gasteiger partial charge in [-0.1, -0.05) is 158 Å². The van der Waals surface area contributed by atoms with E-state index in [0.29, 0.717) is 0 Å². The van der Waals surface area contributed by atoms with Crippen molar-refractivity contribution in [2.24, 2.45) is 4.99 Å². The molecule has 0 radical (unpaired) electrons. The SMILES string of the molecule is c1ccc(-c2cccc3c2oc2cccc(C4NC(c5ccc(-c6cccc7ccccc67)cc5)=NC(c5ccccc5)N4)c23)cc1. The van der Waals surface area contributed by atoms with E-state index >= 15 is 0 Å². The fraction of sp³-hybridized carbons (Fsp3) is 0.0465. The third-order valence-electron chi connectivity index (χ3n) is 9.19. The van der Waals surface area contributed by atoms with Crippen LogP contribution in [0.3, 0.4) is 0 Å². The van der Waals surface area contributed by atoms with Gasteiger partial charge in [0.1, 0.15) is 29.3 Å². The van der Waals surface area contributed by atoms with Crippen molar-refractivity contribution in [1.29, 1.82) is 0 Å². The number of benzene rings is 7. The Morgan fingerprint density at radius 1 is 0.511 bits per heavy atom. The fourth-order valence-corrected chi connectivity index (χ4v) is 6.92. The molecule has 1 aromatic heterocycles. The van der Waals surface area contributed by atoms with Crippen LogP contribution >= 0.6 is 0 Å². The van der Waals surface area contributed by atoms with Crippen LogP contribution in [0.1, 0.15) is 29.0 Å². The number of nitrogens with one attached hydrogen (secondary N) is 2. The average molecular weight is 606 g/mol. The lowest BCUT2D eigenvalue weighted by Gasteiger charge is -2.32. The molecule has 0 fully saturated rings. The Kier molecular flexibility index (Phi) is 6.65. The number of rotatable bonds is 5. The van der Waals surface area contributed by atoms with Gasteiger partial charge in [-0.05, 0) is 39.1 Å². The predicted molar refractivity (Wildman–Crippen MR) is 193 cm³/mol. The van der Waals surface area contributed by atoms with Gasteiger partial charge in [-0.25, -0.2) is 4.99 Å². The smallest absolute Gasteiger partial charge is 0.143 e. The van der Waals surface area contributed by atoms with Crippen LogP contribution in [0.4, 0.5) is 0 Å². The first-order valence-electron chi connectivity index (χ1n) is 16.0. The molecule has 0 aliphatic carbocycles. The molecule has 2 unspecified atom stereocenters. The number of fused-ring (bicyclic) bond motifs is 4. The normalized spacial score (nSPS) is 16.3. The lowest BCUT2D eigenvalue weighted by atomic mass is 9.97. The maximum atomic E-state index is 6.59. The molecule has 8 aromatic rings. The van der Waals surface area contributed by atoms with Gasteiger partial charge in [-0.2, -0.15) is 0 Å². The first-order valence-corrected chi connectivity index (χ1v) is 16.0. The van der Waals surface area contributed by atoms with Gasteiger partial charge in [0.25, 0.3) is 0 Å². The molecular weight excluding hydrogens is 574 g/mol. The third-order valence-corrected chi connectivity index (χ3v) is 9.19. The minimum Gasteiger partial charge on any atom is -0.455 e. The van der Waals surface area contributed by atoms with E-state index < -0.39 is 0 Å². The topological polar surface area (TPSA) is 49.6 Å². The lowest BCUT2D eigenvalue weighted by Crippen LogP contribution is -2.45.